The summed E-state index contributed by atoms with van der Waals surface area (Å²) in [6.45, 7) is 0.293. The molecule has 1 aromatic heterocycles. The SMILES string of the molecule is NCc1cc(NC(=O)c2ccccc2C(S)c2ccnc(N)c2)ccc1Cl. The molecule has 3 rings (SSSR count). The van der Waals surface area contributed by atoms with Crippen molar-refractivity contribution in [3.8, 4) is 0 Å². The second-order valence-electron chi connectivity index (χ2n) is 5.97. The molecule has 5 N–H and O–H groups in total. The number of hydrogen-bond donors (Lipinski definition) is 4. The predicted octanol–water partition coefficient (Wildman–Crippen LogP) is 4.05. The highest BCUT2D eigenvalue weighted by molar-refractivity contribution is 7.80. The number of rotatable bonds is 5. The van der Waals surface area contributed by atoms with Gasteiger partial charge in [-0.2, -0.15) is 12.6 Å². The van der Waals surface area contributed by atoms with Gasteiger partial charge in [0.15, 0.2) is 0 Å². The standard InChI is InChI=1S/C20H19ClN4OS/c21-17-6-5-14(9-13(17)11-22)25-20(26)16-4-2-1-3-15(16)19(27)12-7-8-24-18(23)10-12/h1-10,19,27H,11,22H2,(H2,23,24)(H,25,26). The average molecular weight is 399 g/mol. The van der Waals surface area contributed by atoms with Crippen molar-refractivity contribution in [2.45, 2.75) is 11.8 Å². The Morgan fingerprint density at radius 1 is 1.19 bits per heavy atom. The van der Waals surface area contributed by atoms with E-state index in [2.05, 4.69) is 10.3 Å². The number of nitrogens with zero attached hydrogens (tertiary/aromatic N) is 1. The van der Waals surface area contributed by atoms with Crippen LogP contribution in [0.4, 0.5) is 11.5 Å². The molecule has 1 heterocycles. The number of amides is 1. The normalized spacial score (nSPS) is 11.8. The first kappa shape index (κ1) is 19.2. The number of carbonyl (C=O) groups is 1. The quantitative estimate of drug-likeness (QED) is 0.488. The van der Waals surface area contributed by atoms with Crippen molar-refractivity contribution < 1.29 is 4.79 Å². The number of halogens is 1. The van der Waals surface area contributed by atoms with Gasteiger partial charge in [0.2, 0.25) is 0 Å². The lowest BCUT2D eigenvalue weighted by Gasteiger charge is -2.16. The van der Waals surface area contributed by atoms with Crippen LogP contribution in [0.1, 0.15) is 32.3 Å². The van der Waals surface area contributed by atoms with Crippen LogP contribution >= 0.6 is 24.2 Å². The van der Waals surface area contributed by atoms with Crippen molar-refractivity contribution >= 4 is 41.6 Å². The maximum Gasteiger partial charge on any atom is 0.255 e. The zero-order valence-corrected chi connectivity index (χ0v) is 16.0. The minimum absolute atomic E-state index is 0.239. The lowest BCUT2D eigenvalue weighted by atomic mass is 9.99. The van der Waals surface area contributed by atoms with Gasteiger partial charge < -0.3 is 16.8 Å². The van der Waals surface area contributed by atoms with Crippen molar-refractivity contribution in [2.24, 2.45) is 5.73 Å². The molecule has 1 atom stereocenters. The van der Waals surface area contributed by atoms with Crippen LogP contribution in [-0.2, 0) is 6.54 Å². The Balaban J connectivity index is 1.90. The van der Waals surface area contributed by atoms with Crippen LogP contribution in [0.25, 0.3) is 0 Å². The molecule has 7 heteroatoms. The van der Waals surface area contributed by atoms with E-state index >= 15 is 0 Å². The molecule has 0 radical (unpaired) electrons. The number of anilines is 2. The number of hydrogen-bond acceptors (Lipinski definition) is 5. The van der Waals surface area contributed by atoms with Crippen molar-refractivity contribution in [2.75, 3.05) is 11.1 Å². The average Bonchev–Trinajstić information content (AvgIpc) is 2.68. The first-order valence-electron chi connectivity index (χ1n) is 8.28. The number of thiol groups is 1. The van der Waals surface area contributed by atoms with E-state index in [1.165, 1.54) is 0 Å². The van der Waals surface area contributed by atoms with Gasteiger partial charge in [0, 0.05) is 29.0 Å². The van der Waals surface area contributed by atoms with Gasteiger partial charge in [-0.25, -0.2) is 4.98 Å². The minimum atomic E-state index is -0.318. The number of nitrogens with two attached hydrogens (primary N) is 2. The second kappa shape index (κ2) is 8.43. The molecule has 27 heavy (non-hydrogen) atoms. The third-order valence-corrected chi connectivity index (χ3v) is 5.09. The maximum atomic E-state index is 12.9. The molecule has 2 aromatic carbocycles. The van der Waals surface area contributed by atoms with Gasteiger partial charge in [-0.05, 0) is 53.1 Å². The summed E-state index contributed by atoms with van der Waals surface area (Å²) in [6, 6.07) is 16.1. The van der Waals surface area contributed by atoms with Gasteiger partial charge in [0.05, 0.1) is 5.25 Å². The number of benzene rings is 2. The summed E-state index contributed by atoms with van der Waals surface area (Å²) in [5.41, 5.74) is 15.0. The predicted molar refractivity (Wildman–Crippen MR) is 113 cm³/mol. The van der Waals surface area contributed by atoms with Crippen LogP contribution in [0, 0.1) is 0 Å². The van der Waals surface area contributed by atoms with E-state index in [9.17, 15) is 4.79 Å². The monoisotopic (exact) mass is 398 g/mol. The summed E-state index contributed by atoms with van der Waals surface area (Å²) >= 11 is 10.8. The van der Waals surface area contributed by atoms with Gasteiger partial charge in [0.1, 0.15) is 5.82 Å². The smallest absolute Gasteiger partial charge is 0.255 e. The zero-order valence-electron chi connectivity index (χ0n) is 14.4. The largest absolute Gasteiger partial charge is 0.384 e. The maximum absolute atomic E-state index is 12.9. The Bertz CT molecular complexity index is 980. The molecule has 5 nitrogen and oxygen atoms in total. The molecule has 0 saturated carbocycles. The van der Waals surface area contributed by atoms with Gasteiger partial charge >= 0.3 is 0 Å². The molecule has 0 spiro atoms. The molecule has 0 saturated heterocycles. The highest BCUT2D eigenvalue weighted by Gasteiger charge is 2.18. The number of nitrogens with one attached hydrogen (secondary N) is 1. The van der Waals surface area contributed by atoms with E-state index in [0.717, 1.165) is 16.7 Å². The summed E-state index contributed by atoms with van der Waals surface area (Å²) in [5, 5.41) is 3.15. The van der Waals surface area contributed by atoms with Crippen molar-refractivity contribution in [3.63, 3.8) is 0 Å². The third-order valence-electron chi connectivity index (χ3n) is 4.14. The third kappa shape index (κ3) is 4.42. The Morgan fingerprint density at radius 3 is 2.70 bits per heavy atom. The first-order chi connectivity index (χ1) is 13.0. The fourth-order valence-corrected chi connectivity index (χ4v) is 3.35. The van der Waals surface area contributed by atoms with E-state index in [0.29, 0.717) is 28.6 Å². The fraction of sp³-hybridized carbons (Fsp3) is 0.100. The Morgan fingerprint density at radius 2 is 1.96 bits per heavy atom. The molecule has 0 aliphatic rings. The summed E-state index contributed by atoms with van der Waals surface area (Å²) < 4.78 is 0. The van der Waals surface area contributed by atoms with E-state index in [1.807, 2.05) is 24.3 Å². The van der Waals surface area contributed by atoms with Crippen LogP contribution in [0.2, 0.25) is 5.02 Å². The summed E-state index contributed by atoms with van der Waals surface area (Å²) in [7, 11) is 0. The Labute approximate surface area is 168 Å². The van der Waals surface area contributed by atoms with Gasteiger partial charge in [-0.3, -0.25) is 4.79 Å². The Kier molecular flexibility index (Phi) is 6.01. The Hall–Kier alpha value is -2.54. The molecule has 3 aromatic rings. The first-order valence-corrected chi connectivity index (χ1v) is 9.17. The second-order valence-corrected chi connectivity index (χ2v) is 6.89. The fourth-order valence-electron chi connectivity index (χ4n) is 2.76. The summed E-state index contributed by atoms with van der Waals surface area (Å²) in [4.78, 5) is 16.9. The summed E-state index contributed by atoms with van der Waals surface area (Å²) in [6.07, 6.45) is 1.62. The topological polar surface area (TPSA) is 94.0 Å². The summed E-state index contributed by atoms with van der Waals surface area (Å²) in [5.74, 6) is 0.168. The van der Waals surface area contributed by atoms with Gasteiger partial charge in [-0.1, -0.05) is 29.8 Å². The van der Waals surface area contributed by atoms with Crippen LogP contribution in [0.15, 0.2) is 60.8 Å². The van der Waals surface area contributed by atoms with E-state index in [4.69, 9.17) is 35.7 Å². The van der Waals surface area contributed by atoms with Crippen LogP contribution in [-0.4, -0.2) is 10.9 Å². The number of carbonyl (C=O) groups excluding carboxylic acids is 1. The van der Waals surface area contributed by atoms with E-state index in [1.54, 1.807) is 36.5 Å². The molecule has 1 amide bonds. The molecular weight excluding hydrogens is 380 g/mol. The number of pyridine rings is 1. The van der Waals surface area contributed by atoms with Crippen molar-refractivity contribution in [1.82, 2.24) is 4.98 Å². The highest BCUT2D eigenvalue weighted by atomic mass is 35.5. The zero-order chi connectivity index (χ0) is 19.4. The molecule has 1 unspecified atom stereocenters. The molecule has 0 fully saturated rings. The van der Waals surface area contributed by atoms with E-state index < -0.39 is 0 Å². The van der Waals surface area contributed by atoms with Crippen LogP contribution in [0.5, 0.6) is 0 Å². The van der Waals surface area contributed by atoms with Crippen LogP contribution in [0.3, 0.4) is 0 Å². The molecule has 0 aliphatic heterocycles. The molecule has 138 valence electrons. The van der Waals surface area contributed by atoms with Crippen molar-refractivity contribution in [1.29, 1.82) is 0 Å². The van der Waals surface area contributed by atoms with Gasteiger partial charge in [-0.15, -0.1) is 0 Å². The minimum Gasteiger partial charge on any atom is -0.384 e. The number of aromatic nitrogens is 1. The lowest BCUT2D eigenvalue weighted by molar-refractivity contribution is 0.102. The molecular formula is C20H19ClN4OS. The highest BCUT2D eigenvalue weighted by Crippen LogP contribution is 2.31. The molecule has 0 aliphatic carbocycles. The van der Waals surface area contributed by atoms with E-state index in [-0.39, 0.29) is 11.2 Å². The van der Waals surface area contributed by atoms with Gasteiger partial charge in [0.25, 0.3) is 5.91 Å². The number of nitrogen functional groups attached to an aromatic ring is 1. The van der Waals surface area contributed by atoms with Crippen molar-refractivity contribution in [3.05, 3.63) is 88.1 Å². The lowest BCUT2D eigenvalue weighted by Crippen LogP contribution is -2.15. The molecule has 0 bridgehead atoms. The van der Waals surface area contributed by atoms with Crippen LogP contribution < -0.4 is 16.8 Å².